The molecule has 0 bridgehead atoms. The molecule has 16 heteroatoms. The van der Waals surface area contributed by atoms with Gasteiger partial charge in [0, 0.05) is 49.8 Å². The van der Waals surface area contributed by atoms with Gasteiger partial charge in [0.1, 0.15) is 0 Å². The average molecular weight is 554 g/mol. The maximum atomic E-state index is 10.6. The molecule has 2 aromatic heterocycles. The number of alkyl halides is 6. The number of fused-ring (bicyclic) bond motifs is 1. The van der Waals surface area contributed by atoms with Gasteiger partial charge in [-0.3, -0.25) is 9.88 Å². The normalized spacial score (nSPS) is 21.2. The van der Waals surface area contributed by atoms with E-state index >= 15 is 0 Å². The molecule has 3 unspecified atom stereocenters. The second-order valence-electron chi connectivity index (χ2n) is 8.01. The van der Waals surface area contributed by atoms with E-state index in [1.165, 1.54) is 5.56 Å². The zero-order chi connectivity index (χ0) is 28.3. The lowest BCUT2D eigenvalue weighted by molar-refractivity contribution is -0.193. The number of carboxylic acids is 2. The third-order valence-electron chi connectivity index (χ3n) is 5.42. The van der Waals surface area contributed by atoms with Crippen LogP contribution < -0.4 is 4.74 Å². The SMILES string of the molecule is O=C(O)C(F)(F)F.O=C(O)C(F)(F)F.c1cnc(OCC2CCC3C2OCCN3Cc2ccncc2)nc1. The van der Waals surface area contributed by atoms with E-state index in [-0.39, 0.29) is 6.10 Å². The van der Waals surface area contributed by atoms with Crippen molar-refractivity contribution in [2.24, 2.45) is 5.92 Å². The summed E-state index contributed by atoms with van der Waals surface area (Å²) in [5.74, 6) is -5.11. The quantitative estimate of drug-likeness (QED) is 0.531. The van der Waals surface area contributed by atoms with Crippen molar-refractivity contribution in [2.75, 3.05) is 19.8 Å². The highest BCUT2D eigenvalue weighted by Crippen LogP contribution is 2.35. The van der Waals surface area contributed by atoms with Gasteiger partial charge in [-0.15, -0.1) is 0 Å². The molecule has 3 atom stereocenters. The summed E-state index contributed by atoms with van der Waals surface area (Å²) in [7, 11) is 0. The van der Waals surface area contributed by atoms with E-state index < -0.39 is 24.3 Å². The fourth-order valence-corrected chi connectivity index (χ4v) is 3.78. The zero-order valence-electron chi connectivity index (χ0n) is 19.6. The maximum Gasteiger partial charge on any atom is 0.490 e. The van der Waals surface area contributed by atoms with Gasteiger partial charge in [-0.25, -0.2) is 19.6 Å². The van der Waals surface area contributed by atoms with Crippen LogP contribution in [0, 0.1) is 5.92 Å². The number of morpholine rings is 1. The summed E-state index contributed by atoms with van der Waals surface area (Å²) in [6.45, 7) is 3.35. The van der Waals surface area contributed by atoms with Gasteiger partial charge in [0.05, 0.1) is 19.3 Å². The van der Waals surface area contributed by atoms with Crippen molar-refractivity contribution >= 4 is 11.9 Å². The second kappa shape index (κ2) is 13.9. The summed E-state index contributed by atoms with van der Waals surface area (Å²) in [5, 5.41) is 14.2. The third kappa shape index (κ3) is 10.1. The minimum Gasteiger partial charge on any atom is -0.475 e. The van der Waals surface area contributed by atoms with E-state index in [0.29, 0.717) is 24.6 Å². The summed E-state index contributed by atoms with van der Waals surface area (Å²) < 4.78 is 75.3. The number of aromatic nitrogens is 3. The Labute approximate surface area is 212 Å². The van der Waals surface area contributed by atoms with Crippen molar-refractivity contribution in [3.8, 4) is 6.01 Å². The van der Waals surface area contributed by atoms with Crippen LogP contribution in [-0.4, -0.2) is 86.3 Å². The summed E-state index contributed by atoms with van der Waals surface area (Å²) in [4.78, 5) is 32.7. The molecule has 1 aliphatic carbocycles. The third-order valence-corrected chi connectivity index (χ3v) is 5.42. The first-order chi connectivity index (χ1) is 17.8. The van der Waals surface area contributed by atoms with Gasteiger partial charge in [-0.05, 0) is 36.6 Å². The van der Waals surface area contributed by atoms with Gasteiger partial charge in [0.15, 0.2) is 0 Å². The van der Waals surface area contributed by atoms with Crippen LogP contribution in [0.2, 0.25) is 0 Å². The smallest absolute Gasteiger partial charge is 0.475 e. The second-order valence-corrected chi connectivity index (χ2v) is 8.01. The predicted octanol–water partition coefficient (Wildman–Crippen LogP) is 3.20. The highest BCUT2D eigenvalue weighted by molar-refractivity contribution is 5.73. The molecule has 10 nitrogen and oxygen atoms in total. The van der Waals surface area contributed by atoms with E-state index in [1.54, 1.807) is 18.5 Å². The van der Waals surface area contributed by atoms with E-state index in [0.717, 1.165) is 32.5 Å². The number of hydrogen-bond donors (Lipinski definition) is 2. The number of carbonyl (C=O) groups is 2. The van der Waals surface area contributed by atoms with Gasteiger partial charge in [0.2, 0.25) is 0 Å². The molecule has 0 radical (unpaired) electrons. The van der Waals surface area contributed by atoms with Crippen LogP contribution in [0.4, 0.5) is 26.3 Å². The lowest BCUT2D eigenvalue weighted by Crippen LogP contribution is -2.50. The van der Waals surface area contributed by atoms with Gasteiger partial charge in [-0.1, -0.05) is 0 Å². The maximum absolute atomic E-state index is 10.6. The van der Waals surface area contributed by atoms with Crippen LogP contribution in [0.3, 0.4) is 0 Å². The number of halogens is 6. The Kier molecular flexibility index (Phi) is 11.2. The van der Waals surface area contributed by atoms with Crippen molar-refractivity contribution < 1.29 is 55.6 Å². The molecule has 2 N–H and O–H groups in total. The van der Waals surface area contributed by atoms with Crippen molar-refractivity contribution in [3.05, 3.63) is 48.5 Å². The Morgan fingerprint density at radius 3 is 2.05 bits per heavy atom. The molecule has 2 fully saturated rings. The molecule has 210 valence electrons. The van der Waals surface area contributed by atoms with Gasteiger partial charge in [0.25, 0.3) is 0 Å². The minimum absolute atomic E-state index is 0.240. The van der Waals surface area contributed by atoms with E-state index in [9.17, 15) is 26.3 Å². The molecule has 2 aromatic rings. The van der Waals surface area contributed by atoms with Crippen LogP contribution in [0.25, 0.3) is 0 Å². The standard InChI is InChI=1S/C18H22N4O2.2C2HF3O2/c1-6-20-18(21-7-1)24-13-15-2-3-16-17(15)23-11-10-22(16)12-14-4-8-19-9-5-14;2*3-2(4,5)1(6)7/h1,4-9,15-17H,2-3,10-13H2;2*(H,6,7). The topological polar surface area (TPSA) is 135 Å². The highest BCUT2D eigenvalue weighted by Gasteiger charge is 2.43. The molecule has 1 saturated heterocycles. The largest absolute Gasteiger partial charge is 0.490 e. The fraction of sp³-hybridized carbons (Fsp3) is 0.500. The molecule has 38 heavy (non-hydrogen) atoms. The summed E-state index contributed by atoms with van der Waals surface area (Å²) in [6.07, 6.45) is -0.532. The first kappa shape index (κ1) is 30.7. The van der Waals surface area contributed by atoms with Gasteiger partial charge in [-0.2, -0.15) is 26.3 Å². The predicted molar refractivity (Wildman–Crippen MR) is 116 cm³/mol. The Bertz CT molecular complexity index is 989. The van der Waals surface area contributed by atoms with E-state index in [1.807, 2.05) is 12.4 Å². The molecule has 1 saturated carbocycles. The monoisotopic (exact) mass is 554 g/mol. The number of carboxylic acid groups (broad SMARTS) is 2. The highest BCUT2D eigenvalue weighted by atomic mass is 19.4. The zero-order valence-corrected chi connectivity index (χ0v) is 19.6. The molecule has 3 heterocycles. The van der Waals surface area contributed by atoms with Crippen LogP contribution in [-0.2, 0) is 20.9 Å². The Morgan fingerprint density at radius 2 is 1.53 bits per heavy atom. The Balaban J connectivity index is 0.000000301. The summed E-state index contributed by atoms with van der Waals surface area (Å²) in [5.41, 5.74) is 1.31. The van der Waals surface area contributed by atoms with Gasteiger partial charge >= 0.3 is 30.3 Å². The van der Waals surface area contributed by atoms with Crippen LogP contribution >= 0.6 is 0 Å². The molecule has 2 aliphatic rings. The number of hydrogen-bond acceptors (Lipinski definition) is 8. The molecular weight excluding hydrogens is 530 g/mol. The van der Waals surface area contributed by atoms with Crippen molar-refractivity contribution in [3.63, 3.8) is 0 Å². The number of ether oxygens (including phenoxy) is 2. The number of nitrogens with zero attached hydrogens (tertiary/aromatic N) is 4. The first-order valence-electron chi connectivity index (χ1n) is 11.0. The lowest BCUT2D eigenvalue weighted by atomic mass is 10.0. The Hall–Kier alpha value is -3.53. The van der Waals surface area contributed by atoms with Gasteiger partial charge < -0.3 is 19.7 Å². The van der Waals surface area contributed by atoms with Crippen LogP contribution in [0.15, 0.2) is 43.0 Å². The molecule has 4 rings (SSSR count). The van der Waals surface area contributed by atoms with Crippen molar-refractivity contribution in [2.45, 2.75) is 43.9 Å². The van der Waals surface area contributed by atoms with E-state index in [2.05, 4.69) is 32.0 Å². The minimum atomic E-state index is -5.08. The van der Waals surface area contributed by atoms with Crippen molar-refractivity contribution in [1.82, 2.24) is 19.9 Å². The average Bonchev–Trinajstić information content (AvgIpc) is 3.28. The molecule has 1 aliphatic heterocycles. The summed E-state index contributed by atoms with van der Waals surface area (Å²) in [6, 6.07) is 6.89. The van der Waals surface area contributed by atoms with Crippen molar-refractivity contribution in [1.29, 1.82) is 0 Å². The fourth-order valence-electron chi connectivity index (χ4n) is 3.78. The molecule has 0 aromatic carbocycles. The molecular formula is C22H24F6N4O6. The Morgan fingerprint density at radius 1 is 0.974 bits per heavy atom. The lowest BCUT2D eigenvalue weighted by Gasteiger charge is -2.39. The summed E-state index contributed by atoms with van der Waals surface area (Å²) >= 11 is 0. The van der Waals surface area contributed by atoms with E-state index in [4.69, 9.17) is 29.3 Å². The molecule has 0 spiro atoms. The number of rotatable bonds is 5. The van der Waals surface area contributed by atoms with Crippen LogP contribution in [0.1, 0.15) is 18.4 Å². The van der Waals surface area contributed by atoms with Crippen LogP contribution in [0.5, 0.6) is 6.01 Å². The number of pyridine rings is 1. The molecule has 0 amide bonds. The first-order valence-corrected chi connectivity index (χ1v) is 11.0. The number of aliphatic carboxylic acids is 2.